The van der Waals surface area contributed by atoms with Crippen LogP contribution in [0.15, 0.2) is 145 Å². The summed E-state index contributed by atoms with van der Waals surface area (Å²) in [7, 11) is -5.00. The number of thiazole rings is 2. The molecule has 0 aliphatic heterocycles. The van der Waals surface area contributed by atoms with Crippen LogP contribution in [0.4, 0.5) is 67.7 Å². The third-order valence-corrected chi connectivity index (χ3v) is 14.8. The fourth-order valence-electron chi connectivity index (χ4n) is 7.48. The van der Waals surface area contributed by atoms with Crippen LogP contribution in [0.1, 0.15) is 51.3 Å². The first kappa shape index (κ1) is 59.2. The highest BCUT2D eigenvalue weighted by Gasteiger charge is 2.25. The van der Waals surface area contributed by atoms with Crippen LogP contribution in [-0.2, 0) is 29.3 Å². The Hall–Kier alpha value is -8.47. The molecule has 0 bridgehead atoms. The minimum atomic E-state index is -5.00. The molecule has 23 nitrogen and oxygen atoms in total. The number of aromatic nitrogens is 5. The minimum Gasteiger partial charge on any atom is -0.396 e. The number of carbonyl (C=O) groups excluding carboxylic acids is 4. The Kier molecular flexibility index (Phi) is 20.7. The first-order chi connectivity index (χ1) is 38.5. The number of hydrogen-bond donors (Lipinski definition) is 6. The maximum Gasteiger partial charge on any atom is 0.313 e. The number of Topliss-reactive ketones (excluding diaryl/α,β-unsaturated/α-hetero) is 2. The molecule has 0 fully saturated rings. The van der Waals surface area contributed by atoms with Crippen LogP contribution in [0.5, 0.6) is 0 Å². The van der Waals surface area contributed by atoms with Gasteiger partial charge in [-0.1, -0.05) is 70.8 Å². The van der Waals surface area contributed by atoms with Crippen molar-refractivity contribution in [1.29, 1.82) is 0 Å². The molecule has 3 heterocycles. The maximum atomic E-state index is 13.2. The summed E-state index contributed by atoms with van der Waals surface area (Å²) < 4.78 is 35.4. The monoisotopic (exact) mass is 1160 g/mol. The van der Waals surface area contributed by atoms with Crippen LogP contribution < -0.4 is 31.1 Å². The number of aliphatic hydroxyl groups is 1. The van der Waals surface area contributed by atoms with Crippen molar-refractivity contribution in [3.8, 4) is 0 Å². The normalized spacial score (nSPS) is 11.9. The number of anilines is 8. The first-order valence-electron chi connectivity index (χ1n) is 24.8. The number of rotatable bonds is 26. The van der Waals surface area contributed by atoms with Crippen molar-refractivity contribution < 1.29 is 37.3 Å². The molecule has 0 unspecified atom stereocenters. The van der Waals surface area contributed by atoms with Gasteiger partial charge >= 0.3 is 10.1 Å². The standard InChI is InChI=1S/C53H55N15O8S4/c1-7-67(8-2)36-21-23-41(63-65-51-54-31-38(78-51)29-39(32(5)70)46(72)55-34-17-13-11-14-18-34)43(27-36)57-49-60-50(62-52(61-49)77-26-25-69)58-44-28-37(68(9-3)10-4)22-24-42(44)64-66-53-59-48(80(74,75)76)45(79-53)30-40(33(6)71)47(73)56-35-19-15-12-16-20-35/h11-24,27-31,69H,7-10,25-26H2,1-6H3,(H,55,72)(H,56,73)(H,74,75,76)(H2,57,58,60,61,62)/b39-29+,40-30-,65-63?,66-64?. The van der Waals surface area contributed by atoms with Gasteiger partial charge in [-0.15, -0.1) is 20.5 Å². The lowest BCUT2D eigenvalue weighted by atomic mass is 10.1. The Bertz CT molecular complexity index is 3600. The van der Waals surface area contributed by atoms with Crippen molar-refractivity contribution in [3.63, 3.8) is 0 Å². The van der Waals surface area contributed by atoms with E-state index < -0.39 is 44.1 Å². The fraction of sp³-hybridized carbons (Fsp3) is 0.226. The Morgan fingerprint density at radius 2 is 1.12 bits per heavy atom. The number of para-hydroxylation sites is 2. The molecule has 27 heteroatoms. The van der Waals surface area contributed by atoms with E-state index in [2.05, 4.69) is 71.5 Å². The van der Waals surface area contributed by atoms with Gasteiger partial charge in [0.25, 0.3) is 11.8 Å². The van der Waals surface area contributed by atoms with Crippen LogP contribution in [0.25, 0.3) is 12.2 Å². The molecule has 0 atom stereocenters. The van der Waals surface area contributed by atoms with Crippen LogP contribution in [-0.4, -0.2) is 105 Å². The van der Waals surface area contributed by atoms with Crippen LogP contribution in [0.3, 0.4) is 0 Å². The molecule has 0 radical (unpaired) electrons. The summed E-state index contributed by atoms with van der Waals surface area (Å²) in [4.78, 5) is 78.6. The molecule has 0 aliphatic rings. The summed E-state index contributed by atoms with van der Waals surface area (Å²) in [6, 6.07) is 28.0. The van der Waals surface area contributed by atoms with E-state index in [9.17, 15) is 37.3 Å². The lowest BCUT2D eigenvalue weighted by molar-refractivity contribution is -0.120. The molecule has 7 rings (SSSR count). The van der Waals surface area contributed by atoms with Crippen LogP contribution in [0, 0.1) is 0 Å². The van der Waals surface area contributed by atoms with Gasteiger partial charge in [0.1, 0.15) is 11.4 Å². The zero-order chi connectivity index (χ0) is 57.3. The van der Waals surface area contributed by atoms with Gasteiger partial charge in [0.15, 0.2) is 16.7 Å². The lowest BCUT2D eigenvalue weighted by Crippen LogP contribution is -2.21. The zero-order valence-corrected chi connectivity index (χ0v) is 47.4. The number of benzene rings is 4. The molecular formula is C53H55N15O8S4. The highest BCUT2D eigenvalue weighted by Crippen LogP contribution is 2.38. The SMILES string of the molecule is CCN(CC)c1ccc(N=Nc2ncc(/C=C(\C(C)=O)C(=O)Nc3ccccc3)s2)c(Nc2nc(Nc3cc(N(CC)CC)ccc3N=Nc3nc(S(=O)(=O)O)c(/C=C(/C(C)=O)C(=O)Nc4ccccc4)s3)nc(SCCO)n2)c1. The van der Waals surface area contributed by atoms with Crippen molar-refractivity contribution >= 4 is 148 Å². The summed E-state index contributed by atoms with van der Waals surface area (Å²) in [5, 5.41) is 38.8. The van der Waals surface area contributed by atoms with Crippen LogP contribution in [0.2, 0.25) is 0 Å². The van der Waals surface area contributed by atoms with E-state index in [1.54, 1.807) is 72.8 Å². The Morgan fingerprint density at radius 1 is 0.637 bits per heavy atom. The predicted molar refractivity (Wildman–Crippen MR) is 314 cm³/mol. The lowest BCUT2D eigenvalue weighted by Gasteiger charge is -2.22. The highest BCUT2D eigenvalue weighted by atomic mass is 32.2. The van der Waals surface area contributed by atoms with Crippen molar-refractivity contribution in [2.45, 2.75) is 51.7 Å². The van der Waals surface area contributed by atoms with Gasteiger partial charge in [0.2, 0.25) is 27.2 Å². The molecule has 7 aromatic rings. The summed E-state index contributed by atoms with van der Waals surface area (Å²) in [5.74, 6) is -2.12. The Balaban J connectivity index is 1.23. The van der Waals surface area contributed by atoms with E-state index in [1.807, 2.05) is 52.0 Å². The maximum absolute atomic E-state index is 13.2. The van der Waals surface area contributed by atoms with Gasteiger partial charge < -0.3 is 36.2 Å². The van der Waals surface area contributed by atoms with Crippen molar-refractivity contribution in [1.82, 2.24) is 24.9 Å². The molecule has 414 valence electrons. The van der Waals surface area contributed by atoms with E-state index in [0.717, 1.165) is 35.7 Å². The highest BCUT2D eigenvalue weighted by molar-refractivity contribution is 7.99. The number of nitrogens with one attached hydrogen (secondary N) is 4. The number of azo groups is 2. The molecule has 0 saturated heterocycles. The van der Waals surface area contributed by atoms with E-state index in [4.69, 9.17) is 4.98 Å². The van der Waals surface area contributed by atoms with Gasteiger partial charge in [-0.3, -0.25) is 23.7 Å². The molecule has 6 N–H and O–H groups in total. The third kappa shape index (κ3) is 16.1. The fourth-order valence-corrected chi connectivity index (χ4v) is 10.5. The summed E-state index contributed by atoms with van der Waals surface area (Å²) in [5.41, 5.74) is 3.50. The second-order valence-electron chi connectivity index (χ2n) is 16.8. The summed E-state index contributed by atoms with van der Waals surface area (Å²) in [6.45, 7) is 13.0. The minimum absolute atomic E-state index is 0.0470. The number of nitrogens with zero attached hydrogens (tertiary/aromatic N) is 11. The van der Waals surface area contributed by atoms with Gasteiger partial charge in [-0.2, -0.15) is 23.4 Å². The van der Waals surface area contributed by atoms with Crippen LogP contribution >= 0.6 is 34.4 Å². The van der Waals surface area contributed by atoms with E-state index >= 15 is 0 Å². The molecule has 0 spiro atoms. The van der Waals surface area contributed by atoms with Crippen molar-refractivity contribution in [3.05, 3.63) is 124 Å². The summed E-state index contributed by atoms with van der Waals surface area (Å²) in [6.07, 6.45) is 3.97. The molecule has 4 aromatic carbocycles. The summed E-state index contributed by atoms with van der Waals surface area (Å²) >= 11 is 2.96. The van der Waals surface area contributed by atoms with Gasteiger partial charge in [-0.25, -0.2) is 9.97 Å². The van der Waals surface area contributed by atoms with Gasteiger partial charge in [0, 0.05) is 60.9 Å². The Morgan fingerprint density at radius 3 is 1.59 bits per heavy atom. The molecule has 3 aromatic heterocycles. The second kappa shape index (κ2) is 27.9. The number of amides is 2. The molecule has 0 saturated carbocycles. The number of thioether (sulfide) groups is 1. The number of aliphatic hydroxyl groups excluding tert-OH is 1. The smallest absolute Gasteiger partial charge is 0.313 e. The quantitative estimate of drug-likeness (QED) is 0.00733. The number of carbonyl (C=O) groups is 4. The molecule has 80 heavy (non-hydrogen) atoms. The first-order valence-corrected chi connectivity index (χ1v) is 28.8. The topological polar surface area (TPSA) is 311 Å². The number of hydrogen-bond acceptors (Lipinski definition) is 23. The molecule has 2 amide bonds. The van der Waals surface area contributed by atoms with Gasteiger partial charge in [-0.05, 0) is 114 Å². The molecular weight excluding hydrogens is 1100 g/mol. The largest absolute Gasteiger partial charge is 0.396 e. The van der Waals surface area contributed by atoms with E-state index in [1.165, 1.54) is 31.0 Å². The average molecular weight is 1160 g/mol. The Labute approximate surface area is 473 Å². The molecule has 0 aliphatic carbocycles. The van der Waals surface area contributed by atoms with Gasteiger partial charge in [0.05, 0.1) is 38.9 Å². The zero-order valence-electron chi connectivity index (χ0n) is 44.1. The van der Waals surface area contributed by atoms with Crippen molar-refractivity contribution in [2.75, 3.05) is 69.6 Å². The van der Waals surface area contributed by atoms with Crippen molar-refractivity contribution in [2.24, 2.45) is 20.5 Å². The average Bonchev–Trinajstić information content (AvgIpc) is 4.08. The van der Waals surface area contributed by atoms with E-state index in [0.29, 0.717) is 70.8 Å². The number of ketones is 2. The van der Waals surface area contributed by atoms with E-state index in [-0.39, 0.29) is 55.8 Å². The predicted octanol–water partition coefficient (Wildman–Crippen LogP) is 11.3. The second-order valence-corrected chi connectivity index (χ2v) is 21.2. The third-order valence-electron chi connectivity index (χ3n) is 11.4.